The van der Waals surface area contributed by atoms with E-state index in [4.69, 9.17) is 23.2 Å². The fourth-order valence-corrected chi connectivity index (χ4v) is 2.58. The third-order valence-corrected chi connectivity index (χ3v) is 4.11. The first kappa shape index (κ1) is 14.1. The zero-order valence-corrected chi connectivity index (χ0v) is 13.3. The van der Waals surface area contributed by atoms with E-state index in [9.17, 15) is 0 Å². The van der Waals surface area contributed by atoms with Crippen molar-refractivity contribution in [2.75, 3.05) is 0 Å². The van der Waals surface area contributed by atoms with Crippen LogP contribution in [0.4, 0.5) is 11.5 Å². The standard InChI is InChI=1S/C14H9Cl2N7/c1-7-11(20-21-13-10(15)12(16)17-6-18-13)14-19-8-4-2-3-5-9(8)23(14)22-7/h2-6,22H,1H3. The molecule has 0 aliphatic rings. The van der Waals surface area contributed by atoms with E-state index in [1.54, 1.807) is 0 Å². The van der Waals surface area contributed by atoms with Gasteiger partial charge in [0.25, 0.3) is 0 Å². The molecule has 1 aromatic carbocycles. The Hall–Kier alpha value is -2.51. The second kappa shape index (κ2) is 5.29. The Morgan fingerprint density at radius 2 is 1.96 bits per heavy atom. The Morgan fingerprint density at radius 3 is 2.83 bits per heavy atom. The van der Waals surface area contributed by atoms with Crippen molar-refractivity contribution in [3.8, 4) is 0 Å². The highest BCUT2D eigenvalue weighted by Gasteiger charge is 2.14. The molecule has 7 nitrogen and oxygen atoms in total. The van der Waals surface area contributed by atoms with Crippen LogP contribution in [-0.2, 0) is 0 Å². The number of H-pyrrole nitrogens is 1. The fraction of sp³-hybridized carbons (Fsp3) is 0.0714. The second-order valence-electron chi connectivity index (χ2n) is 4.85. The lowest BCUT2D eigenvalue weighted by Crippen LogP contribution is -1.82. The summed E-state index contributed by atoms with van der Waals surface area (Å²) in [7, 11) is 0. The van der Waals surface area contributed by atoms with E-state index < -0.39 is 0 Å². The van der Waals surface area contributed by atoms with E-state index in [0.29, 0.717) is 11.3 Å². The highest BCUT2D eigenvalue weighted by atomic mass is 35.5. The minimum absolute atomic E-state index is 0.137. The van der Waals surface area contributed by atoms with Gasteiger partial charge in [0, 0.05) is 0 Å². The number of aromatic amines is 1. The number of hydrogen-bond acceptors (Lipinski definition) is 5. The van der Waals surface area contributed by atoms with Crippen molar-refractivity contribution in [1.29, 1.82) is 0 Å². The number of aromatic nitrogens is 5. The molecular weight excluding hydrogens is 337 g/mol. The molecule has 9 heteroatoms. The summed E-state index contributed by atoms with van der Waals surface area (Å²) < 4.78 is 1.87. The molecule has 0 saturated carbocycles. The van der Waals surface area contributed by atoms with Gasteiger partial charge in [-0.2, -0.15) is 0 Å². The van der Waals surface area contributed by atoms with E-state index in [0.717, 1.165) is 16.7 Å². The Kier molecular flexibility index (Phi) is 3.24. The third-order valence-electron chi connectivity index (χ3n) is 3.38. The maximum absolute atomic E-state index is 6.02. The molecule has 1 N–H and O–H groups in total. The number of hydrogen-bond donors (Lipinski definition) is 1. The molecule has 23 heavy (non-hydrogen) atoms. The smallest absolute Gasteiger partial charge is 0.197 e. The summed E-state index contributed by atoms with van der Waals surface area (Å²) in [4.78, 5) is 12.3. The third kappa shape index (κ3) is 2.25. The summed E-state index contributed by atoms with van der Waals surface area (Å²) in [5.74, 6) is 0.210. The van der Waals surface area contributed by atoms with Gasteiger partial charge in [0.05, 0.1) is 16.7 Å². The van der Waals surface area contributed by atoms with E-state index in [2.05, 4.69) is 30.3 Å². The van der Waals surface area contributed by atoms with Gasteiger partial charge in [-0.15, -0.1) is 10.2 Å². The minimum Gasteiger partial charge on any atom is -0.294 e. The average Bonchev–Trinajstić information content (AvgIpc) is 3.04. The van der Waals surface area contributed by atoms with Gasteiger partial charge in [-0.25, -0.2) is 19.5 Å². The van der Waals surface area contributed by atoms with Gasteiger partial charge in [0.1, 0.15) is 11.3 Å². The average molecular weight is 346 g/mol. The normalized spacial score (nSPS) is 12.0. The predicted octanol–water partition coefficient (Wildman–Crippen LogP) is 4.64. The van der Waals surface area contributed by atoms with Crippen LogP contribution < -0.4 is 0 Å². The van der Waals surface area contributed by atoms with Crippen molar-refractivity contribution in [1.82, 2.24) is 24.6 Å². The molecule has 3 aromatic heterocycles. The van der Waals surface area contributed by atoms with Crippen LogP contribution in [0.5, 0.6) is 0 Å². The van der Waals surface area contributed by atoms with Crippen LogP contribution in [0, 0.1) is 6.92 Å². The molecule has 0 radical (unpaired) electrons. The summed E-state index contributed by atoms with van der Waals surface area (Å²) in [5.41, 5.74) is 3.97. The lowest BCUT2D eigenvalue weighted by atomic mass is 10.3. The molecule has 4 rings (SSSR count). The highest BCUT2D eigenvalue weighted by molar-refractivity contribution is 6.42. The summed E-state index contributed by atoms with van der Waals surface area (Å²) in [6.45, 7) is 1.90. The molecule has 0 spiro atoms. The predicted molar refractivity (Wildman–Crippen MR) is 88.0 cm³/mol. The molecule has 0 fully saturated rings. The Morgan fingerprint density at radius 1 is 1.13 bits per heavy atom. The largest absolute Gasteiger partial charge is 0.294 e. The summed E-state index contributed by atoms with van der Waals surface area (Å²) in [6.07, 6.45) is 1.28. The molecule has 0 atom stereocenters. The van der Waals surface area contributed by atoms with E-state index in [-0.39, 0.29) is 16.0 Å². The number of azo groups is 1. The van der Waals surface area contributed by atoms with Crippen LogP contribution in [0.25, 0.3) is 16.7 Å². The summed E-state index contributed by atoms with van der Waals surface area (Å²) in [6, 6.07) is 7.81. The van der Waals surface area contributed by atoms with Gasteiger partial charge in [-0.1, -0.05) is 35.3 Å². The summed E-state index contributed by atoms with van der Waals surface area (Å²) >= 11 is 11.9. The SMILES string of the molecule is Cc1[nH]n2c(nc3ccccc32)c1N=Nc1ncnc(Cl)c1Cl. The van der Waals surface area contributed by atoms with Crippen LogP contribution in [0.2, 0.25) is 10.2 Å². The quantitative estimate of drug-likeness (QED) is 0.424. The number of rotatable bonds is 2. The van der Waals surface area contributed by atoms with Crippen molar-refractivity contribution in [2.24, 2.45) is 10.2 Å². The van der Waals surface area contributed by atoms with Gasteiger partial charge >= 0.3 is 0 Å². The molecule has 0 aliphatic carbocycles. The number of benzene rings is 1. The number of fused-ring (bicyclic) bond motifs is 3. The topological polar surface area (TPSA) is 83.6 Å². The number of nitrogens with zero attached hydrogens (tertiary/aromatic N) is 6. The summed E-state index contributed by atoms with van der Waals surface area (Å²) in [5, 5.41) is 11.8. The molecule has 0 amide bonds. The Labute approximate surface area is 140 Å². The van der Waals surface area contributed by atoms with Crippen molar-refractivity contribution >= 4 is 51.4 Å². The van der Waals surface area contributed by atoms with Gasteiger partial charge in [0.2, 0.25) is 0 Å². The van der Waals surface area contributed by atoms with Gasteiger partial charge in [-0.05, 0) is 19.1 Å². The van der Waals surface area contributed by atoms with E-state index >= 15 is 0 Å². The van der Waals surface area contributed by atoms with E-state index in [1.807, 2.05) is 35.7 Å². The van der Waals surface area contributed by atoms with Crippen LogP contribution in [0.15, 0.2) is 40.8 Å². The molecule has 0 unspecified atom stereocenters. The Balaban J connectivity index is 1.87. The minimum atomic E-state index is 0.137. The maximum Gasteiger partial charge on any atom is 0.197 e. The molecule has 4 aromatic rings. The van der Waals surface area contributed by atoms with Crippen LogP contribution in [0.3, 0.4) is 0 Å². The van der Waals surface area contributed by atoms with Crippen molar-refractivity contribution in [2.45, 2.75) is 6.92 Å². The number of para-hydroxylation sites is 2. The number of nitrogens with one attached hydrogen (secondary N) is 1. The zero-order valence-electron chi connectivity index (χ0n) is 11.8. The zero-order chi connectivity index (χ0) is 16.0. The molecule has 0 saturated heterocycles. The second-order valence-corrected chi connectivity index (χ2v) is 5.58. The van der Waals surface area contributed by atoms with Crippen molar-refractivity contribution < 1.29 is 0 Å². The number of imidazole rings is 1. The molecule has 0 aliphatic heterocycles. The number of aryl methyl sites for hydroxylation is 1. The number of halogens is 2. The maximum atomic E-state index is 6.02. The highest BCUT2D eigenvalue weighted by Crippen LogP contribution is 2.32. The lowest BCUT2D eigenvalue weighted by Gasteiger charge is -1.96. The van der Waals surface area contributed by atoms with Crippen LogP contribution >= 0.6 is 23.2 Å². The van der Waals surface area contributed by atoms with E-state index in [1.165, 1.54) is 6.33 Å². The molecule has 0 bridgehead atoms. The fourth-order valence-electron chi connectivity index (χ4n) is 2.31. The Bertz CT molecular complexity index is 1060. The van der Waals surface area contributed by atoms with Gasteiger partial charge < -0.3 is 0 Å². The first-order chi connectivity index (χ1) is 11.1. The first-order valence-electron chi connectivity index (χ1n) is 6.68. The van der Waals surface area contributed by atoms with Gasteiger partial charge in [-0.3, -0.25) is 5.10 Å². The van der Waals surface area contributed by atoms with Crippen LogP contribution in [-0.4, -0.2) is 24.6 Å². The molecule has 3 heterocycles. The monoisotopic (exact) mass is 345 g/mol. The van der Waals surface area contributed by atoms with Crippen molar-refractivity contribution in [3.05, 3.63) is 46.5 Å². The first-order valence-corrected chi connectivity index (χ1v) is 7.44. The molecular formula is C14H9Cl2N7. The molecule has 114 valence electrons. The van der Waals surface area contributed by atoms with Crippen molar-refractivity contribution in [3.63, 3.8) is 0 Å². The lowest BCUT2D eigenvalue weighted by molar-refractivity contribution is 0.973. The van der Waals surface area contributed by atoms with Gasteiger partial charge in [0.15, 0.2) is 22.3 Å². The van der Waals surface area contributed by atoms with Crippen LogP contribution in [0.1, 0.15) is 5.69 Å².